The van der Waals surface area contributed by atoms with Gasteiger partial charge in [-0.05, 0) is 31.5 Å². The molecule has 1 aromatic heterocycles. The van der Waals surface area contributed by atoms with Gasteiger partial charge in [0.05, 0.1) is 30.4 Å². The van der Waals surface area contributed by atoms with E-state index in [2.05, 4.69) is 10.3 Å². The van der Waals surface area contributed by atoms with Crippen LogP contribution >= 0.6 is 0 Å². The first kappa shape index (κ1) is 14.3. The average Bonchev–Trinajstić information content (AvgIpc) is 2.41. The van der Waals surface area contributed by atoms with Gasteiger partial charge in [-0.3, -0.25) is 4.98 Å². The molecule has 6 heteroatoms. The normalized spacial score (nSPS) is 23.8. The van der Waals surface area contributed by atoms with Crippen molar-refractivity contribution in [2.24, 2.45) is 0 Å². The molecule has 0 saturated carbocycles. The van der Waals surface area contributed by atoms with E-state index in [1.54, 1.807) is 26.6 Å². The highest BCUT2D eigenvalue weighted by molar-refractivity contribution is 7.92. The second-order valence-corrected chi connectivity index (χ2v) is 7.17. The zero-order valence-electron chi connectivity index (χ0n) is 11.3. The zero-order valence-corrected chi connectivity index (χ0v) is 12.1. The van der Waals surface area contributed by atoms with Crippen molar-refractivity contribution in [3.63, 3.8) is 0 Å². The van der Waals surface area contributed by atoms with Crippen molar-refractivity contribution in [2.45, 2.75) is 30.6 Å². The SMILES string of the molecule is CNC(c1cncc(OC)c1)C1CCCCS1(=O)=O. The number of pyridine rings is 1. The lowest BCUT2D eigenvalue weighted by Gasteiger charge is -2.30. The molecule has 2 unspecified atom stereocenters. The molecule has 19 heavy (non-hydrogen) atoms. The molecule has 0 radical (unpaired) electrons. The minimum atomic E-state index is -3.03. The summed E-state index contributed by atoms with van der Waals surface area (Å²) in [5.41, 5.74) is 0.859. The molecule has 1 aromatic rings. The lowest BCUT2D eigenvalue weighted by Crippen LogP contribution is -2.39. The highest BCUT2D eigenvalue weighted by Crippen LogP contribution is 2.31. The van der Waals surface area contributed by atoms with Gasteiger partial charge in [-0.2, -0.15) is 0 Å². The van der Waals surface area contributed by atoms with E-state index >= 15 is 0 Å². The quantitative estimate of drug-likeness (QED) is 0.903. The maximum Gasteiger partial charge on any atom is 0.155 e. The van der Waals surface area contributed by atoms with Crippen molar-refractivity contribution in [2.75, 3.05) is 19.9 Å². The predicted molar refractivity (Wildman–Crippen MR) is 74.0 cm³/mol. The number of rotatable bonds is 4. The predicted octanol–water partition coefficient (Wildman–Crippen LogP) is 1.32. The van der Waals surface area contributed by atoms with Gasteiger partial charge in [0.2, 0.25) is 0 Å². The Morgan fingerprint density at radius 2 is 2.21 bits per heavy atom. The summed E-state index contributed by atoms with van der Waals surface area (Å²) in [5.74, 6) is 0.929. The fourth-order valence-corrected chi connectivity index (χ4v) is 4.78. The molecule has 0 bridgehead atoms. The van der Waals surface area contributed by atoms with Gasteiger partial charge in [0.15, 0.2) is 9.84 Å². The molecule has 2 atom stereocenters. The first-order valence-electron chi connectivity index (χ1n) is 6.46. The van der Waals surface area contributed by atoms with Crippen LogP contribution in [0, 0.1) is 0 Å². The van der Waals surface area contributed by atoms with Gasteiger partial charge in [-0.1, -0.05) is 6.42 Å². The maximum atomic E-state index is 12.2. The Morgan fingerprint density at radius 3 is 2.84 bits per heavy atom. The van der Waals surface area contributed by atoms with Crippen LogP contribution in [0.1, 0.15) is 30.9 Å². The first-order chi connectivity index (χ1) is 9.08. The molecule has 1 saturated heterocycles. The molecule has 2 rings (SSSR count). The molecule has 0 aromatic carbocycles. The molecule has 0 amide bonds. The number of nitrogens with one attached hydrogen (secondary N) is 1. The van der Waals surface area contributed by atoms with Crippen molar-refractivity contribution in [3.05, 3.63) is 24.0 Å². The summed E-state index contributed by atoms with van der Waals surface area (Å²) in [6.07, 6.45) is 5.75. The van der Waals surface area contributed by atoms with E-state index in [0.717, 1.165) is 18.4 Å². The van der Waals surface area contributed by atoms with E-state index in [-0.39, 0.29) is 17.0 Å². The minimum Gasteiger partial charge on any atom is -0.495 e. The van der Waals surface area contributed by atoms with E-state index in [0.29, 0.717) is 12.2 Å². The van der Waals surface area contributed by atoms with Crippen molar-refractivity contribution in [1.82, 2.24) is 10.3 Å². The van der Waals surface area contributed by atoms with Crippen LogP contribution < -0.4 is 10.1 Å². The molecular formula is C13H20N2O3S. The van der Waals surface area contributed by atoms with Gasteiger partial charge >= 0.3 is 0 Å². The molecule has 1 aliphatic rings. The van der Waals surface area contributed by atoms with Gasteiger partial charge < -0.3 is 10.1 Å². The van der Waals surface area contributed by atoms with Gasteiger partial charge in [0.25, 0.3) is 0 Å². The second-order valence-electron chi connectivity index (χ2n) is 4.83. The van der Waals surface area contributed by atoms with Crippen LogP contribution in [0.4, 0.5) is 0 Å². The summed E-state index contributed by atoms with van der Waals surface area (Å²) >= 11 is 0. The van der Waals surface area contributed by atoms with E-state index in [9.17, 15) is 8.42 Å². The van der Waals surface area contributed by atoms with Gasteiger partial charge in [-0.25, -0.2) is 8.42 Å². The van der Waals surface area contributed by atoms with Crippen molar-refractivity contribution in [1.29, 1.82) is 0 Å². The molecular weight excluding hydrogens is 264 g/mol. The monoisotopic (exact) mass is 284 g/mol. The number of ether oxygens (including phenoxy) is 1. The van der Waals surface area contributed by atoms with E-state index in [4.69, 9.17) is 4.74 Å². The van der Waals surface area contributed by atoms with Crippen molar-refractivity contribution < 1.29 is 13.2 Å². The third-order valence-corrected chi connectivity index (χ3v) is 5.93. The standard InChI is InChI=1S/C13H20N2O3S/c1-14-13(10-7-11(18-2)9-15-8-10)12-5-3-4-6-19(12,16)17/h7-9,12-14H,3-6H2,1-2H3. The number of methoxy groups -OCH3 is 1. The van der Waals surface area contributed by atoms with Gasteiger partial charge in [-0.15, -0.1) is 0 Å². The molecule has 0 aliphatic carbocycles. The van der Waals surface area contributed by atoms with Crippen molar-refractivity contribution in [3.8, 4) is 5.75 Å². The Hall–Kier alpha value is -1.14. The Labute approximate surface area is 114 Å². The third-order valence-electron chi connectivity index (χ3n) is 3.64. The fourth-order valence-electron chi connectivity index (χ4n) is 2.64. The van der Waals surface area contributed by atoms with E-state index in [1.165, 1.54) is 0 Å². The Bertz CT molecular complexity index is 530. The zero-order chi connectivity index (χ0) is 13.9. The minimum absolute atomic E-state index is 0.229. The van der Waals surface area contributed by atoms with Crippen molar-refractivity contribution >= 4 is 9.84 Å². The van der Waals surface area contributed by atoms with E-state index in [1.807, 2.05) is 6.07 Å². The van der Waals surface area contributed by atoms with Gasteiger partial charge in [0, 0.05) is 6.20 Å². The second kappa shape index (κ2) is 5.88. The summed E-state index contributed by atoms with van der Waals surface area (Å²) in [6.45, 7) is 0. The summed E-state index contributed by atoms with van der Waals surface area (Å²) in [6, 6.07) is 1.62. The lowest BCUT2D eigenvalue weighted by molar-refractivity contribution is 0.409. The Kier molecular flexibility index (Phi) is 4.42. The highest BCUT2D eigenvalue weighted by atomic mass is 32.2. The summed E-state index contributed by atoms with van der Waals surface area (Å²) < 4.78 is 29.6. The van der Waals surface area contributed by atoms with Crippen LogP contribution in [0.25, 0.3) is 0 Å². The highest BCUT2D eigenvalue weighted by Gasteiger charge is 2.35. The third kappa shape index (κ3) is 3.06. The van der Waals surface area contributed by atoms with Crippen LogP contribution in [-0.4, -0.2) is 38.6 Å². The van der Waals surface area contributed by atoms with E-state index < -0.39 is 9.84 Å². The van der Waals surface area contributed by atoms with Gasteiger partial charge in [0.1, 0.15) is 5.75 Å². The Morgan fingerprint density at radius 1 is 1.42 bits per heavy atom. The summed E-state index contributed by atoms with van der Waals surface area (Å²) in [7, 11) is 0.328. The number of hydrogen-bond acceptors (Lipinski definition) is 5. The number of aromatic nitrogens is 1. The number of hydrogen-bond donors (Lipinski definition) is 1. The molecule has 1 N–H and O–H groups in total. The molecule has 0 spiro atoms. The molecule has 1 fully saturated rings. The van der Waals surface area contributed by atoms with Crippen LogP contribution in [0.15, 0.2) is 18.5 Å². The van der Waals surface area contributed by atoms with Crippen LogP contribution in [-0.2, 0) is 9.84 Å². The Balaban J connectivity index is 2.33. The number of sulfone groups is 1. The first-order valence-corrected chi connectivity index (χ1v) is 8.18. The number of nitrogens with zero attached hydrogens (tertiary/aromatic N) is 1. The molecule has 2 heterocycles. The van der Waals surface area contributed by atoms with Crippen LogP contribution in [0.2, 0.25) is 0 Å². The van der Waals surface area contributed by atoms with Crippen LogP contribution in [0.5, 0.6) is 5.75 Å². The molecule has 5 nitrogen and oxygen atoms in total. The average molecular weight is 284 g/mol. The fraction of sp³-hybridized carbons (Fsp3) is 0.615. The topological polar surface area (TPSA) is 68.3 Å². The largest absolute Gasteiger partial charge is 0.495 e. The molecule has 106 valence electrons. The van der Waals surface area contributed by atoms with Crippen LogP contribution in [0.3, 0.4) is 0 Å². The smallest absolute Gasteiger partial charge is 0.155 e. The maximum absolute atomic E-state index is 12.2. The lowest BCUT2D eigenvalue weighted by atomic mass is 10.0. The summed E-state index contributed by atoms with van der Waals surface area (Å²) in [4.78, 5) is 4.11. The summed E-state index contributed by atoms with van der Waals surface area (Å²) in [5, 5.41) is 2.75. The molecule has 1 aliphatic heterocycles.